The van der Waals surface area contributed by atoms with E-state index in [4.69, 9.17) is 9.47 Å². The molecule has 3 aliphatic heterocycles. The lowest BCUT2D eigenvalue weighted by Crippen LogP contribution is -2.43. The second-order valence-electron chi connectivity index (χ2n) is 7.99. The summed E-state index contributed by atoms with van der Waals surface area (Å²) in [6.07, 6.45) is 3.77. The van der Waals surface area contributed by atoms with Gasteiger partial charge in [-0.25, -0.2) is 4.90 Å². The summed E-state index contributed by atoms with van der Waals surface area (Å²) in [5.41, 5.74) is 2.27. The molecule has 2 fully saturated rings. The zero-order chi connectivity index (χ0) is 21.9. The maximum Gasteiger partial charge on any atom is 0.240 e. The Bertz CT molecular complexity index is 1140. The SMILES string of the molecule is COc1ccc(OC)c(N2C(=O)[C@H]3[C@H](C2=O)[C@@H]2c4ccccc4C=CN2[C@H]3C(C)=O)c1. The maximum absolute atomic E-state index is 13.7. The Balaban J connectivity index is 1.66. The van der Waals surface area contributed by atoms with Crippen LogP contribution in [0.3, 0.4) is 0 Å². The Hall–Kier alpha value is -3.61. The van der Waals surface area contributed by atoms with Crippen molar-refractivity contribution in [3.63, 3.8) is 0 Å². The minimum Gasteiger partial charge on any atom is -0.497 e. The number of imide groups is 1. The zero-order valence-corrected chi connectivity index (χ0v) is 17.4. The molecule has 0 aromatic heterocycles. The number of carbonyl (C=O) groups is 3. The lowest BCUT2D eigenvalue weighted by molar-refractivity contribution is -0.129. The third-order valence-corrected chi connectivity index (χ3v) is 6.51. The average Bonchev–Trinajstić information content (AvgIpc) is 3.26. The van der Waals surface area contributed by atoms with E-state index >= 15 is 0 Å². The predicted octanol–water partition coefficient (Wildman–Crippen LogP) is 2.81. The maximum atomic E-state index is 13.7. The number of Topliss-reactive ketones (excluding diaryl/α,β-unsaturated/α-hetero) is 1. The fourth-order valence-corrected chi connectivity index (χ4v) is 5.23. The highest BCUT2D eigenvalue weighted by molar-refractivity contribution is 6.24. The molecule has 2 aromatic carbocycles. The molecule has 7 nitrogen and oxygen atoms in total. The molecule has 5 rings (SSSR count). The van der Waals surface area contributed by atoms with Crippen LogP contribution >= 0.6 is 0 Å². The first-order chi connectivity index (χ1) is 15.0. The van der Waals surface area contributed by atoms with Crippen molar-refractivity contribution in [3.8, 4) is 11.5 Å². The van der Waals surface area contributed by atoms with Gasteiger partial charge in [0.25, 0.3) is 0 Å². The molecule has 2 amide bonds. The Morgan fingerprint density at radius 1 is 0.968 bits per heavy atom. The van der Waals surface area contributed by atoms with Gasteiger partial charge in [-0.3, -0.25) is 14.4 Å². The number of benzene rings is 2. The van der Waals surface area contributed by atoms with Gasteiger partial charge in [-0.2, -0.15) is 0 Å². The summed E-state index contributed by atoms with van der Waals surface area (Å²) in [6.45, 7) is 1.48. The second kappa shape index (κ2) is 6.97. The number of hydrogen-bond donors (Lipinski definition) is 0. The monoisotopic (exact) mass is 418 g/mol. The van der Waals surface area contributed by atoms with Crippen molar-refractivity contribution in [2.45, 2.75) is 19.0 Å². The van der Waals surface area contributed by atoms with Crippen LogP contribution in [0.2, 0.25) is 0 Å². The van der Waals surface area contributed by atoms with E-state index in [2.05, 4.69) is 0 Å². The lowest BCUT2D eigenvalue weighted by Gasteiger charge is -2.35. The molecule has 0 spiro atoms. The molecule has 0 aliphatic carbocycles. The molecule has 0 N–H and O–H groups in total. The van der Waals surface area contributed by atoms with Crippen molar-refractivity contribution in [1.82, 2.24) is 4.90 Å². The van der Waals surface area contributed by atoms with Crippen LogP contribution in [-0.2, 0) is 14.4 Å². The third kappa shape index (κ3) is 2.62. The van der Waals surface area contributed by atoms with Crippen LogP contribution in [0.1, 0.15) is 24.1 Å². The van der Waals surface area contributed by atoms with Gasteiger partial charge < -0.3 is 14.4 Å². The Kier molecular flexibility index (Phi) is 4.36. The van der Waals surface area contributed by atoms with Gasteiger partial charge >= 0.3 is 0 Å². The van der Waals surface area contributed by atoms with Gasteiger partial charge in [0.1, 0.15) is 11.5 Å². The summed E-state index contributed by atoms with van der Waals surface area (Å²) in [7, 11) is 3.00. The van der Waals surface area contributed by atoms with Gasteiger partial charge in [-0.1, -0.05) is 24.3 Å². The molecule has 3 aliphatic rings. The van der Waals surface area contributed by atoms with Crippen LogP contribution in [-0.4, -0.2) is 42.8 Å². The smallest absolute Gasteiger partial charge is 0.240 e. The van der Waals surface area contributed by atoms with Crippen molar-refractivity contribution in [2.75, 3.05) is 19.1 Å². The van der Waals surface area contributed by atoms with Crippen molar-refractivity contribution >= 4 is 29.4 Å². The van der Waals surface area contributed by atoms with Gasteiger partial charge in [0.2, 0.25) is 11.8 Å². The van der Waals surface area contributed by atoms with Crippen LogP contribution in [0.25, 0.3) is 6.08 Å². The number of anilines is 1. The number of methoxy groups -OCH3 is 2. The molecule has 158 valence electrons. The summed E-state index contributed by atoms with van der Waals surface area (Å²) < 4.78 is 10.7. The fourth-order valence-electron chi connectivity index (χ4n) is 5.23. The molecule has 0 unspecified atom stereocenters. The fraction of sp³-hybridized carbons (Fsp3) is 0.292. The van der Waals surface area contributed by atoms with Gasteiger partial charge in [0.15, 0.2) is 5.78 Å². The van der Waals surface area contributed by atoms with Gasteiger partial charge in [-0.15, -0.1) is 0 Å². The molecule has 7 heteroatoms. The molecule has 3 heterocycles. The van der Waals surface area contributed by atoms with E-state index in [1.54, 1.807) is 18.2 Å². The zero-order valence-electron chi connectivity index (χ0n) is 17.4. The molecule has 2 saturated heterocycles. The van der Waals surface area contributed by atoms with E-state index in [1.165, 1.54) is 26.0 Å². The van der Waals surface area contributed by atoms with Crippen LogP contribution in [0, 0.1) is 11.8 Å². The van der Waals surface area contributed by atoms with Crippen molar-refractivity contribution in [2.24, 2.45) is 11.8 Å². The summed E-state index contributed by atoms with van der Waals surface area (Å²) in [5.74, 6) is -1.38. The van der Waals surface area contributed by atoms with Crippen molar-refractivity contribution in [1.29, 1.82) is 0 Å². The quantitative estimate of drug-likeness (QED) is 0.711. The first kappa shape index (κ1) is 19.4. The Morgan fingerprint density at radius 2 is 1.71 bits per heavy atom. The van der Waals surface area contributed by atoms with E-state index in [0.29, 0.717) is 17.2 Å². The van der Waals surface area contributed by atoms with Crippen molar-refractivity contribution < 1.29 is 23.9 Å². The highest BCUT2D eigenvalue weighted by Crippen LogP contribution is 2.54. The molecule has 0 bridgehead atoms. The minimum atomic E-state index is -0.762. The molecule has 4 atom stereocenters. The standard InChI is InChI=1S/C24H22N2O5/c1-13(27)21-19-20(22-16-7-5-4-6-14(16)10-11-25(21)22)24(29)26(23(19)28)17-12-15(30-2)8-9-18(17)31-3/h4-12,19-22H,1-3H3/t19-,20-,21-,22-/m0/s1. The van der Waals surface area contributed by atoms with E-state index in [-0.39, 0.29) is 23.6 Å². The highest BCUT2D eigenvalue weighted by atomic mass is 16.5. The number of fused-ring (bicyclic) bond motifs is 5. The van der Waals surface area contributed by atoms with Crippen LogP contribution in [0.15, 0.2) is 48.7 Å². The van der Waals surface area contributed by atoms with E-state index in [9.17, 15) is 14.4 Å². The summed E-state index contributed by atoms with van der Waals surface area (Å²) in [4.78, 5) is 43.1. The molecule has 31 heavy (non-hydrogen) atoms. The van der Waals surface area contributed by atoms with E-state index in [0.717, 1.165) is 11.1 Å². The number of ketones is 1. The van der Waals surface area contributed by atoms with Gasteiger partial charge in [-0.05, 0) is 36.3 Å². The number of ether oxygens (including phenoxy) is 2. The predicted molar refractivity (Wildman–Crippen MR) is 114 cm³/mol. The lowest BCUT2D eigenvalue weighted by atomic mass is 9.84. The van der Waals surface area contributed by atoms with Crippen molar-refractivity contribution in [3.05, 3.63) is 59.8 Å². The number of nitrogens with zero attached hydrogens (tertiary/aromatic N) is 2. The largest absolute Gasteiger partial charge is 0.497 e. The topological polar surface area (TPSA) is 76.2 Å². The number of carbonyl (C=O) groups excluding carboxylic acids is 3. The first-order valence-corrected chi connectivity index (χ1v) is 10.1. The molecular formula is C24H22N2O5. The Labute approximate surface area is 179 Å². The van der Waals surface area contributed by atoms with E-state index < -0.39 is 17.9 Å². The molecule has 0 radical (unpaired) electrons. The van der Waals surface area contributed by atoms with Gasteiger partial charge in [0, 0.05) is 12.3 Å². The van der Waals surface area contributed by atoms with Gasteiger partial charge in [0.05, 0.1) is 43.8 Å². The average molecular weight is 418 g/mol. The van der Waals surface area contributed by atoms with Crippen LogP contribution in [0.4, 0.5) is 5.69 Å². The number of amides is 2. The summed E-state index contributed by atoms with van der Waals surface area (Å²) in [6, 6.07) is 11.7. The molecule has 2 aromatic rings. The summed E-state index contributed by atoms with van der Waals surface area (Å²) >= 11 is 0. The van der Waals surface area contributed by atoms with Crippen LogP contribution in [0.5, 0.6) is 11.5 Å². The van der Waals surface area contributed by atoms with Crippen LogP contribution < -0.4 is 14.4 Å². The first-order valence-electron chi connectivity index (χ1n) is 10.1. The summed E-state index contributed by atoms with van der Waals surface area (Å²) in [5, 5.41) is 0. The molecular weight excluding hydrogens is 396 g/mol. The Morgan fingerprint density at radius 3 is 2.42 bits per heavy atom. The highest BCUT2D eigenvalue weighted by Gasteiger charge is 2.64. The third-order valence-electron chi connectivity index (χ3n) is 6.51. The normalized spacial score (nSPS) is 25.9. The number of hydrogen-bond acceptors (Lipinski definition) is 6. The number of rotatable bonds is 4. The minimum absolute atomic E-state index is 0.137. The second-order valence-corrected chi connectivity index (χ2v) is 7.99. The molecule has 0 saturated carbocycles. The van der Waals surface area contributed by atoms with E-state index in [1.807, 2.05) is 41.4 Å².